The molecule has 1 aliphatic heterocycles. The van der Waals surface area contributed by atoms with Gasteiger partial charge in [0.05, 0.1) is 23.9 Å². The van der Waals surface area contributed by atoms with Crippen molar-refractivity contribution in [2.45, 2.75) is 141 Å². The number of ketones is 1. The van der Waals surface area contributed by atoms with Crippen molar-refractivity contribution in [3.05, 3.63) is 93.6 Å². The molecule has 0 radical (unpaired) electrons. The van der Waals surface area contributed by atoms with Crippen LogP contribution in [0.25, 0.3) is 0 Å². The molecule has 10 unspecified atom stereocenters. The summed E-state index contributed by atoms with van der Waals surface area (Å²) in [6.07, 6.45) is 11.1. The van der Waals surface area contributed by atoms with Crippen molar-refractivity contribution in [1.29, 1.82) is 0 Å². The van der Waals surface area contributed by atoms with Gasteiger partial charge in [-0.15, -0.1) is 0 Å². The molecule has 3 saturated carbocycles. The minimum atomic E-state index is -1.28. The number of allylic oxidation sites excluding steroid dienone is 8. The number of rotatable bonds is 14. The first-order valence-electron chi connectivity index (χ1n) is 20.7. The minimum absolute atomic E-state index is 0.0124. The molecule has 1 aromatic rings. The molecule has 5 rings (SSSR count). The number of aliphatic hydroxyl groups is 5. The molecule has 0 aromatic heterocycles. The molecule has 10 nitrogen and oxygen atoms in total. The summed E-state index contributed by atoms with van der Waals surface area (Å²) in [5.41, 5.74) is 10.6. The Morgan fingerprint density at radius 2 is 1.95 bits per heavy atom. The summed E-state index contributed by atoms with van der Waals surface area (Å²) in [4.78, 5) is 27.6. The van der Waals surface area contributed by atoms with Crippen LogP contribution in [-0.4, -0.2) is 74.3 Å². The number of hydrogen-bond acceptors (Lipinski definition) is 9. The second kappa shape index (κ2) is 18.6. The van der Waals surface area contributed by atoms with E-state index in [0.29, 0.717) is 60.8 Å². The minimum Gasteiger partial charge on any atom is -0.396 e. The van der Waals surface area contributed by atoms with Crippen molar-refractivity contribution < 1.29 is 35.1 Å². The average Bonchev–Trinajstić information content (AvgIpc) is 3.32. The third-order valence-electron chi connectivity index (χ3n) is 13.3. The van der Waals surface area contributed by atoms with Gasteiger partial charge in [0.2, 0.25) is 5.91 Å². The van der Waals surface area contributed by atoms with Gasteiger partial charge < -0.3 is 36.6 Å². The van der Waals surface area contributed by atoms with Crippen LogP contribution in [0.5, 0.6) is 0 Å². The zero-order chi connectivity index (χ0) is 40.9. The number of Topliss-reactive ketones (excluding diaryl/α,β-unsaturated/α-hetero) is 1. The highest BCUT2D eigenvalue weighted by atomic mass is 16.3. The van der Waals surface area contributed by atoms with Crippen molar-refractivity contribution in [3.8, 4) is 0 Å². The first-order chi connectivity index (χ1) is 26.5. The van der Waals surface area contributed by atoms with Gasteiger partial charge in [0.1, 0.15) is 12.2 Å². The first kappa shape index (κ1) is 43.9. The molecule has 3 fully saturated rings. The van der Waals surface area contributed by atoms with Gasteiger partial charge in [-0.1, -0.05) is 72.2 Å². The van der Waals surface area contributed by atoms with Crippen LogP contribution in [0.4, 0.5) is 0 Å². The number of carbonyl (C=O) groups excluding carboxylic acids is 2. The molecule has 10 atom stereocenters. The summed E-state index contributed by atoms with van der Waals surface area (Å²) in [6, 6.07) is 4.72. The van der Waals surface area contributed by atoms with Crippen LogP contribution in [0.1, 0.15) is 128 Å². The Hall–Kier alpha value is -3.22. The van der Waals surface area contributed by atoms with Crippen molar-refractivity contribution in [1.82, 2.24) is 10.6 Å². The molecule has 0 bridgehead atoms. The molecule has 1 aromatic carbocycles. The van der Waals surface area contributed by atoms with E-state index in [4.69, 9.17) is 5.73 Å². The first-order valence-corrected chi connectivity index (χ1v) is 20.7. The van der Waals surface area contributed by atoms with Crippen LogP contribution in [-0.2, 0) is 16.0 Å². The lowest BCUT2D eigenvalue weighted by Gasteiger charge is -2.56. The third-order valence-corrected chi connectivity index (χ3v) is 13.3. The Balaban J connectivity index is 1.52. The third kappa shape index (κ3) is 9.07. The topological polar surface area (TPSA) is 185 Å². The van der Waals surface area contributed by atoms with Crippen LogP contribution in [0.3, 0.4) is 0 Å². The van der Waals surface area contributed by atoms with Gasteiger partial charge in [-0.25, -0.2) is 0 Å². The Morgan fingerprint density at radius 1 is 1.20 bits per heavy atom. The maximum Gasteiger partial charge on any atom is 0.243 e. The van der Waals surface area contributed by atoms with Gasteiger partial charge in [-0.3, -0.25) is 14.9 Å². The van der Waals surface area contributed by atoms with Crippen molar-refractivity contribution in [2.24, 2.45) is 28.9 Å². The Labute approximate surface area is 333 Å². The van der Waals surface area contributed by atoms with E-state index in [1.54, 1.807) is 6.92 Å². The van der Waals surface area contributed by atoms with Crippen LogP contribution in [0, 0.1) is 23.2 Å². The van der Waals surface area contributed by atoms with Crippen LogP contribution in [0.15, 0.2) is 76.9 Å². The summed E-state index contributed by atoms with van der Waals surface area (Å²) in [7, 11) is 0. The average molecular weight is 774 g/mol. The maximum atomic E-state index is 14.5. The molecule has 56 heavy (non-hydrogen) atoms. The molecule has 3 aliphatic carbocycles. The molecule has 9 N–H and O–H groups in total. The number of fused-ring (bicyclic) bond motifs is 2. The number of aliphatic hydroxyl groups excluding tert-OH is 4. The predicted molar refractivity (Wildman–Crippen MR) is 220 cm³/mol. The predicted octanol–water partition coefficient (Wildman–Crippen LogP) is 5.46. The monoisotopic (exact) mass is 773 g/mol. The zero-order valence-corrected chi connectivity index (χ0v) is 34.2. The molecule has 1 spiro atoms. The molecular weight excluding hydrogens is 707 g/mol. The fraction of sp³-hybridized carbons (Fsp3) is 0.609. The van der Waals surface area contributed by atoms with E-state index in [9.17, 15) is 35.1 Å². The lowest BCUT2D eigenvalue weighted by Crippen LogP contribution is -2.59. The summed E-state index contributed by atoms with van der Waals surface area (Å²) < 4.78 is 0. The number of amides is 1. The fourth-order valence-electron chi connectivity index (χ4n) is 10.5. The second-order valence-corrected chi connectivity index (χ2v) is 17.5. The molecule has 308 valence electrons. The van der Waals surface area contributed by atoms with Crippen molar-refractivity contribution in [3.63, 3.8) is 0 Å². The summed E-state index contributed by atoms with van der Waals surface area (Å²) in [5.74, 6) is -1.21. The van der Waals surface area contributed by atoms with Crippen molar-refractivity contribution in [2.75, 3.05) is 13.2 Å². The van der Waals surface area contributed by atoms with Gasteiger partial charge in [-0.05, 0) is 132 Å². The van der Waals surface area contributed by atoms with Crippen LogP contribution >= 0.6 is 0 Å². The quantitative estimate of drug-likeness (QED) is 0.0691. The zero-order valence-electron chi connectivity index (χ0n) is 34.2. The molecule has 1 heterocycles. The van der Waals surface area contributed by atoms with Crippen LogP contribution < -0.4 is 16.4 Å². The fourth-order valence-corrected chi connectivity index (χ4v) is 10.5. The highest BCUT2D eigenvalue weighted by Crippen LogP contribution is 2.66. The smallest absolute Gasteiger partial charge is 0.243 e. The van der Waals surface area contributed by atoms with E-state index in [-0.39, 0.29) is 43.1 Å². The number of hydrogen-bond donors (Lipinski definition) is 8. The highest BCUT2D eigenvalue weighted by molar-refractivity contribution is 5.98. The van der Waals surface area contributed by atoms with Crippen molar-refractivity contribution >= 4 is 11.7 Å². The highest BCUT2D eigenvalue weighted by Gasteiger charge is 2.67. The van der Waals surface area contributed by atoms with Gasteiger partial charge in [0.15, 0.2) is 5.78 Å². The van der Waals surface area contributed by atoms with E-state index in [2.05, 4.69) is 37.1 Å². The number of nitrogens with two attached hydrogens (primary N) is 1. The molecular formula is C46H67N3O7. The van der Waals surface area contributed by atoms with Gasteiger partial charge >= 0.3 is 0 Å². The standard InChI is InChI=1S/C46H67N3O7/c1-27(2)12-7-13-28(3)14-8-17-34-37(52)20-10-16-32-25-46(42(54)40(32)34)36(19-11-23-50)33(21-22-45(46,6)56)30(5)38(53)24-31-15-9-18-35-39(31)41(48-26-29(4)51)44(55)49-43(35)47/h8-9,12,14-15,17-18,29,32,36-37,40-43,48,50-52,54,56H,3,7,10-11,13,16,19-26,47H2,1-2,4-6H3,(H,49,55). The SMILES string of the molecule is C=C(C=CC=C1C(O)CCCC2CC3(C(CCCO)C(=C(C)C(=O)Cc4cccc5c4C(NCC(C)O)C(=O)NC5N)CCC3(C)O)C(O)C12)CCC=C(C)C. The van der Waals surface area contributed by atoms with Crippen LogP contribution in [0.2, 0.25) is 0 Å². The summed E-state index contributed by atoms with van der Waals surface area (Å²) >= 11 is 0. The number of carbonyl (C=O) groups is 2. The van der Waals surface area contributed by atoms with E-state index >= 15 is 0 Å². The summed E-state index contributed by atoms with van der Waals surface area (Å²) in [5, 5.41) is 62.8. The molecule has 0 saturated heterocycles. The van der Waals surface area contributed by atoms with Gasteiger partial charge in [0, 0.05) is 30.9 Å². The number of benzene rings is 1. The molecule has 4 aliphatic rings. The molecule has 10 heteroatoms. The van der Waals surface area contributed by atoms with E-state index < -0.39 is 47.5 Å². The van der Waals surface area contributed by atoms with E-state index in [1.807, 2.05) is 50.3 Å². The second-order valence-electron chi connectivity index (χ2n) is 17.5. The van der Waals surface area contributed by atoms with E-state index in [1.165, 1.54) is 5.57 Å². The Morgan fingerprint density at radius 3 is 2.64 bits per heavy atom. The lowest BCUT2D eigenvalue weighted by molar-refractivity contribution is -0.168. The maximum absolute atomic E-state index is 14.5. The van der Waals surface area contributed by atoms with Gasteiger partial charge in [-0.2, -0.15) is 0 Å². The number of nitrogens with one attached hydrogen (secondary N) is 2. The van der Waals surface area contributed by atoms with E-state index in [0.717, 1.165) is 42.4 Å². The van der Waals surface area contributed by atoms with Gasteiger partial charge in [0.25, 0.3) is 0 Å². The normalized spacial score (nSPS) is 33.8. The summed E-state index contributed by atoms with van der Waals surface area (Å²) in [6.45, 7) is 13.8. The Bertz CT molecular complexity index is 1740. The lowest BCUT2D eigenvalue weighted by atomic mass is 9.52. The molecule has 1 amide bonds. The Kier molecular flexibility index (Phi) is 14.6. The largest absolute Gasteiger partial charge is 0.396 e.